The van der Waals surface area contributed by atoms with Crippen molar-refractivity contribution in [2.75, 3.05) is 39.1 Å². The van der Waals surface area contributed by atoms with Crippen molar-refractivity contribution < 1.29 is 22.6 Å². The summed E-state index contributed by atoms with van der Waals surface area (Å²) in [4.78, 5) is 2.22. The number of methoxy groups -OCH3 is 2. The normalized spacial score (nSPS) is 16.2. The molecule has 0 saturated carbocycles. The van der Waals surface area contributed by atoms with E-state index in [0.29, 0.717) is 39.1 Å². The molecule has 3 aromatic carbocycles. The summed E-state index contributed by atoms with van der Waals surface area (Å²) in [5, 5.41) is 0.420. The lowest BCUT2D eigenvalue weighted by Gasteiger charge is -2.18. The lowest BCUT2D eigenvalue weighted by Crippen LogP contribution is -2.21. The van der Waals surface area contributed by atoms with Crippen LogP contribution in [0.15, 0.2) is 64.0 Å². The van der Waals surface area contributed by atoms with Crippen LogP contribution in [0.1, 0.15) is 6.42 Å². The second-order valence-electron chi connectivity index (χ2n) is 8.26. The zero-order chi connectivity index (χ0) is 25.2. The van der Waals surface area contributed by atoms with Crippen LogP contribution in [-0.2, 0) is 10.0 Å². The fourth-order valence-electron chi connectivity index (χ4n) is 4.00. The fraction of sp³-hybridized carbons (Fsp3) is 0.280. The van der Waals surface area contributed by atoms with Crippen LogP contribution in [0.4, 0.5) is 5.69 Å². The van der Waals surface area contributed by atoms with Gasteiger partial charge in [-0.05, 0) is 49.4 Å². The van der Waals surface area contributed by atoms with Crippen LogP contribution in [0, 0.1) is 0 Å². The van der Waals surface area contributed by atoms with Crippen molar-refractivity contribution in [2.45, 2.75) is 17.4 Å². The van der Waals surface area contributed by atoms with Crippen LogP contribution in [0.5, 0.6) is 17.2 Å². The molecular formula is C25H26BrClN2O5S. The second-order valence-corrected chi connectivity index (χ2v) is 11.2. The van der Waals surface area contributed by atoms with Crippen molar-refractivity contribution in [3.63, 3.8) is 0 Å². The maximum atomic E-state index is 13.6. The molecule has 4 rings (SSSR count). The van der Waals surface area contributed by atoms with E-state index in [1.165, 1.54) is 20.3 Å². The minimum atomic E-state index is -4.04. The van der Waals surface area contributed by atoms with Gasteiger partial charge in [-0.25, -0.2) is 8.42 Å². The molecule has 1 atom stereocenters. The average molecular weight is 582 g/mol. The largest absolute Gasteiger partial charge is 0.493 e. The van der Waals surface area contributed by atoms with E-state index in [2.05, 4.69) is 25.6 Å². The lowest BCUT2D eigenvalue weighted by molar-refractivity contribution is 0.208. The minimum absolute atomic E-state index is 0.00154. The number of ether oxygens (including phenoxy) is 3. The Morgan fingerprint density at radius 2 is 1.77 bits per heavy atom. The van der Waals surface area contributed by atoms with E-state index in [1.807, 2.05) is 31.3 Å². The van der Waals surface area contributed by atoms with Gasteiger partial charge in [0, 0.05) is 35.3 Å². The second kappa shape index (κ2) is 10.7. The van der Waals surface area contributed by atoms with Crippen LogP contribution in [0.3, 0.4) is 0 Å². The molecule has 35 heavy (non-hydrogen) atoms. The third-order valence-electron chi connectivity index (χ3n) is 5.74. The number of anilines is 1. The van der Waals surface area contributed by atoms with Crippen LogP contribution in [0.25, 0.3) is 11.1 Å². The number of benzene rings is 3. The zero-order valence-corrected chi connectivity index (χ0v) is 22.7. The first kappa shape index (κ1) is 25.6. The number of sulfonamides is 1. The molecule has 10 heteroatoms. The summed E-state index contributed by atoms with van der Waals surface area (Å²) >= 11 is 9.80. The van der Waals surface area contributed by atoms with E-state index >= 15 is 0 Å². The zero-order valence-electron chi connectivity index (χ0n) is 19.5. The Morgan fingerprint density at radius 1 is 1.03 bits per heavy atom. The van der Waals surface area contributed by atoms with Gasteiger partial charge in [0.15, 0.2) is 11.5 Å². The van der Waals surface area contributed by atoms with Gasteiger partial charge in [0.05, 0.1) is 29.8 Å². The highest BCUT2D eigenvalue weighted by molar-refractivity contribution is 9.10. The topological polar surface area (TPSA) is 77.1 Å². The standard InChI is InChI=1S/C25H26BrClN2O5S/c1-29-10-9-19(15-29)34-22-12-18(7-8-21(22)27)28-35(30,31)25-14-24(33-3)23(32-2)13-20(25)16-5-4-6-17(26)11-16/h4-8,11-14,19,28H,9-10,15H2,1-3H3/t19-/m1/s1. The monoisotopic (exact) mass is 580 g/mol. The van der Waals surface area contributed by atoms with E-state index in [0.717, 1.165) is 24.0 Å². The number of likely N-dealkylation sites (N-methyl/N-ethyl adjacent to an activating group) is 1. The highest BCUT2D eigenvalue weighted by Crippen LogP contribution is 2.39. The van der Waals surface area contributed by atoms with Gasteiger partial charge in [-0.15, -0.1) is 0 Å². The molecule has 1 saturated heterocycles. The number of nitrogens with one attached hydrogen (secondary N) is 1. The maximum Gasteiger partial charge on any atom is 0.262 e. The SMILES string of the molecule is COc1cc(-c2cccc(Br)c2)c(S(=O)(=O)Nc2ccc(Cl)c(O[C@@H]3CCN(C)C3)c2)cc1OC. The molecule has 1 N–H and O–H groups in total. The van der Waals surface area contributed by atoms with Crippen LogP contribution in [-0.4, -0.2) is 53.8 Å². The first-order valence-corrected chi connectivity index (χ1v) is 13.5. The molecule has 0 spiro atoms. The lowest BCUT2D eigenvalue weighted by atomic mass is 10.1. The summed E-state index contributed by atoms with van der Waals surface area (Å²) in [6.07, 6.45) is 0.878. The molecule has 0 amide bonds. The molecule has 0 unspecified atom stereocenters. The Morgan fingerprint density at radius 3 is 2.43 bits per heavy atom. The van der Waals surface area contributed by atoms with Gasteiger partial charge in [0.1, 0.15) is 11.9 Å². The van der Waals surface area contributed by atoms with Gasteiger partial charge in [0.25, 0.3) is 10.0 Å². The first-order chi connectivity index (χ1) is 16.7. The predicted molar refractivity (Wildman–Crippen MR) is 141 cm³/mol. The molecule has 1 heterocycles. The third-order valence-corrected chi connectivity index (χ3v) is 7.96. The van der Waals surface area contributed by atoms with Crippen molar-refractivity contribution in [3.8, 4) is 28.4 Å². The summed E-state index contributed by atoms with van der Waals surface area (Å²) in [6.45, 7) is 1.72. The Kier molecular flexibility index (Phi) is 7.80. The summed E-state index contributed by atoms with van der Waals surface area (Å²) in [5.41, 5.74) is 1.51. The minimum Gasteiger partial charge on any atom is -0.493 e. The van der Waals surface area contributed by atoms with E-state index in [-0.39, 0.29) is 11.0 Å². The molecular weight excluding hydrogens is 556 g/mol. The number of likely N-dealkylation sites (tertiary alicyclic amines) is 1. The number of rotatable bonds is 8. The highest BCUT2D eigenvalue weighted by atomic mass is 79.9. The number of nitrogens with zero attached hydrogens (tertiary/aromatic N) is 1. The van der Waals surface area contributed by atoms with Gasteiger partial charge in [0.2, 0.25) is 0 Å². The summed E-state index contributed by atoms with van der Waals surface area (Å²) in [6, 6.07) is 15.3. The smallest absolute Gasteiger partial charge is 0.262 e. The molecule has 0 bridgehead atoms. The van der Waals surface area contributed by atoms with E-state index in [1.54, 1.807) is 24.3 Å². The summed E-state index contributed by atoms with van der Waals surface area (Å²) < 4.78 is 47.6. The van der Waals surface area contributed by atoms with Crippen LogP contribution in [0.2, 0.25) is 5.02 Å². The van der Waals surface area contributed by atoms with Crippen molar-refractivity contribution in [1.82, 2.24) is 4.90 Å². The summed E-state index contributed by atoms with van der Waals surface area (Å²) in [7, 11) is 0.962. The average Bonchev–Trinajstić information content (AvgIpc) is 3.24. The molecule has 3 aromatic rings. The van der Waals surface area contributed by atoms with E-state index < -0.39 is 10.0 Å². The molecule has 0 aliphatic carbocycles. The number of hydrogen-bond donors (Lipinski definition) is 1. The Labute approximate surface area is 219 Å². The predicted octanol–water partition coefficient (Wildman–Crippen LogP) is 5.67. The molecule has 7 nitrogen and oxygen atoms in total. The van der Waals surface area contributed by atoms with Crippen molar-refractivity contribution in [3.05, 3.63) is 64.1 Å². The van der Waals surface area contributed by atoms with Gasteiger partial charge in [-0.1, -0.05) is 39.7 Å². The van der Waals surface area contributed by atoms with Gasteiger partial charge >= 0.3 is 0 Å². The van der Waals surface area contributed by atoms with Crippen LogP contribution < -0.4 is 18.9 Å². The van der Waals surface area contributed by atoms with Gasteiger partial charge < -0.3 is 19.1 Å². The van der Waals surface area contributed by atoms with Crippen molar-refractivity contribution in [2.24, 2.45) is 0 Å². The molecule has 0 aromatic heterocycles. The molecule has 1 aliphatic heterocycles. The Hall–Kier alpha value is -2.46. The number of hydrogen-bond acceptors (Lipinski definition) is 6. The quantitative estimate of drug-likeness (QED) is 0.369. The highest BCUT2D eigenvalue weighted by Gasteiger charge is 2.25. The van der Waals surface area contributed by atoms with Gasteiger partial charge in [-0.3, -0.25) is 4.72 Å². The van der Waals surface area contributed by atoms with Crippen molar-refractivity contribution >= 4 is 43.2 Å². The molecule has 1 fully saturated rings. The molecule has 0 radical (unpaired) electrons. The van der Waals surface area contributed by atoms with E-state index in [4.69, 9.17) is 25.8 Å². The third kappa shape index (κ3) is 5.86. The van der Waals surface area contributed by atoms with Gasteiger partial charge in [-0.2, -0.15) is 0 Å². The Balaban J connectivity index is 1.72. The Bertz CT molecular complexity index is 1340. The molecule has 186 valence electrons. The van der Waals surface area contributed by atoms with Crippen molar-refractivity contribution in [1.29, 1.82) is 0 Å². The first-order valence-electron chi connectivity index (χ1n) is 10.9. The number of halogens is 2. The van der Waals surface area contributed by atoms with E-state index in [9.17, 15) is 8.42 Å². The molecule has 1 aliphatic rings. The summed E-state index contributed by atoms with van der Waals surface area (Å²) in [5.74, 6) is 1.16. The fourth-order valence-corrected chi connectivity index (χ4v) is 5.84. The van der Waals surface area contributed by atoms with Crippen LogP contribution >= 0.6 is 27.5 Å². The maximum absolute atomic E-state index is 13.6.